The summed E-state index contributed by atoms with van der Waals surface area (Å²) in [7, 11) is 0. The minimum Gasteiger partial charge on any atom is -0.382 e. The Hall–Kier alpha value is -2.45. The van der Waals surface area contributed by atoms with Crippen LogP contribution in [0, 0.1) is 0 Å². The van der Waals surface area contributed by atoms with Crippen molar-refractivity contribution in [2.45, 2.75) is 6.18 Å². The molecule has 2 rings (SSSR count). The Morgan fingerprint density at radius 1 is 1.09 bits per heavy atom. The van der Waals surface area contributed by atoms with E-state index >= 15 is 0 Å². The Kier molecular flexibility index (Phi) is 4.97. The van der Waals surface area contributed by atoms with Gasteiger partial charge in [-0.05, 0) is 42.5 Å². The molecule has 0 amide bonds. The highest BCUT2D eigenvalue weighted by atomic mass is 35.5. The van der Waals surface area contributed by atoms with E-state index in [1.807, 2.05) is 0 Å². The molecular formula is C14H13ClF3N5. The maximum Gasteiger partial charge on any atom is 0.416 e. The van der Waals surface area contributed by atoms with Crippen molar-refractivity contribution in [2.75, 3.05) is 5.32 Å². The van der Waals surface area contributed by atoms with E-state index in [0.29, 0.717) is 22.0 Å². The standard InChI is InChI=1S/C14H13ClF3N5/c15-9-3-6-11(13(19)22-23-20)12(7-9)21-10-4-1-8(2-5-10)14(16,17)18/h1-7,21,23H,20H2,(H2,19,22). The Labute approximate surface area is 135 Å². The summed E-state index contributed by atoms with van der Waals surface area (Å²) in [5, 5.41) is 7.04. The number of hydrogen-bond acceptors (Lipinski definition) is 4. The van der Waals surface area contributed by atoms with Crippen molar-refractivity contribution < 1.29 is 13.2 Å². The molecule has 0 unspecified atom stereocenters. The van der Waals surface area contributed by atoms with Gasteiger partial charge in [-0.2, -0.15) is 13.2 Å². The van der Waals surface area contributed by atoms with E-state index in [9.17, 15) is 13.2 Å². The lowest BCUT2D eigenvalue weighted by molar-refractivity contribution is -0.137. The number of amidine groups is 1. The molecule has 0 aliphatic heterocycles. The van der Waals surface area contributed by atoms with Crippen molar-refractivity contribution in [1.29, 1.82) is 0 Å². The lowest BCUT2D eigenvalue weighted by Gasteiger charge is -2.13. The molecule has 2 aromatic carbocycles. The van der Waals surface area contributed by atoms with Crippen molar-refractivity contribution in [1.82, 2.24) is 5.53 Å². The van der Waals surface area contributed by atoms with Crippen LogP contribution in [-0.4, -0.2) is 5.84 Å². The summed E-state index contributed by atoms with van der Waals surface area (Å²) in [5.74, 6) is 5.18. The molecule has 0 aliphatic carbocycles. The molecule has 0 aromatic heterocycles. The van der Waals surface area contributed by atoms with Gasteiger partial charge in [0.1, 0.15) is 0 Å². The van der Waals surface area contributed by atoms with Crippen LogP contribution in [0.25, 0.3) is 0 Å². The number of nitrogens with zero attached hydrogens (tertiary/aromatic N) is 1. The maximum absolute atomic E-state index is 12.6. The molecule has 0 fully saturated rings. The van der Waals surface area contributed by atoms with Gasteiger partial charge in [-0.15, -0.1) is 5.10 Å². The first kappa shape index (κ1) is 16.9. The van der Waals surface area contributed by atoms with Crippen molar-refractivity contribution in [3.05, 3.63) is 58.6 Å². The molecule has 0 heterocycles. The van der Waals surface area contributed by atoms with Gasteiger partial charge in [-0.3, -0.25) is 0 Å². The first-order chi connectivity index (χ1) is 10.8. The summed E-state index contributed by atoms with van der Waals surface area (Å²) < 4.78 is 37.7. The molecule has 2 aromatic rings. The number of halogens is 4. The molecular weight excluding hydrogens is 331 g/mol. The number of rotatable bonds is 4. The van der Waals surface area contributed by atoms with Gasteiger partial charge >= 0.3 is 6.18 Å². The van der Waals surface area contributed by atoms with E-state index in [4.69, 9.17) is 23.2 Å². The predicted octanol–water partition coefficient (Wildman–Crippen LogP) is 3.19. The van der Waals surface area contributed by atoms with Gasteiger partial charge in [0.25, 0.3) is 0 Å². The largest absolute Gasteiger partial charge is 0.416 e. The lowest BCUT2D eigenvalue weighted by Crippen LogP contribution is -2.23. The van der Waals surface area contributed by atoms with Crippen molar-refractivity contribution >= 4 is 28.8 Å². The first-order valence-corrected chi connectivity index (χ1v) is 6.72. The van der Waals surface area contributed by atoms with Gasteiger partial charge < -0.3 is 11.1 Å². The van der Waals surface area contributed by atoms with Crippen molar-refractivity contribution in [3.63, 3.8) is 0 Å². The molecule has 0 saturated carbocycles. The average molecular weight is 344 g/mol. The van der Waals surface area contributed by atoms with Crippen molar-refractivity contribution in [2.24, 2.45) is 16.7 Å². The van der Waals surface area contributed by atoms with E-state index in [0.717, 1.165) is 12.1 Å². The number of hydrogen-bond donors (Lipinski definition) is 4. The Bertz CT molecular complexity index is 713. The fourth-order valence-electron chi connectivity index (χ4n) is 1.87. The fraction of sp³-hybridized carbons (Fsp3) is 0.0714. The highest BCUT2D eigenvalue weighted by molar-refractivity contribution is 6.31. The third kappa shape index (κ3) is 4.27. The lowest BCUT2D eigenvalue weighted by atomic mass is 10.1. The van der Waals surface area contributed by atoms with Gasteiger partial charge in [-0.1, -0.05) is 11.6 Å². The number of anilines is 2. The third-order valence-corrected chi connectivity index (χ3v) is 3.17. The number of benzene rings is 2. The van der Waals surface area contributed by atoms with E-state index in [1.165, 1.54) is 12.1 Å². The number of nitrogens with two attached hydrogens (primary N) is 2. The highest BCUT2D eigenvalue weighted by Crippen LogP contribution is 2.31. The molecule has 122 valence electrons. The van der Waals surface area contributed by atoms with Crippen LogP contribution >= 0.6 is 11.6 Å². The highest BCUT2D eigenvalue weighted by Gasteiger charge is 2.29. The van der Waals surface area contributed by atoms with Crippen LogP contribution in [0.3, 0.4) is 0 Å². The van der Waals surface area contributed by atoms with Crippen LogP contribution in [-0.2, 0) is 6.18 Å². The van der Waals surface area contributed by atoms with Gasteiger partial charge in [0.2, 0.25) is 0 Å². The first-order valence-electron chi connectivity index (χ1n) is 6.34. The second kappa shape index (κ2) is 6.76. The maximum atomic E-state index is 12.6. The van der Waals surface area contributed by atoms with Gasteiger partial charge in [0, 0.05) is 16.3 Å². The number of hydrazone groups is 1. The zero-order chi connectivity index (χ0) is 17.0. The number of hydrazine groups is 1. The zero-order valence-electron chi connectivity index (χ0n) is 11.7. The summed E-state index contributed by atoms with van der Waals surface area (Å²) in [5.41, 5.74) is 8.52. The zero-order valence-corrected chi connectivity index (χ0v) is 12.4. The van der Waals surface area contributed by atoms with E-state index < -0.39 is 11.7 Å². The Morgan fingerprint density at radius 3 is 2.30 bits per heavy atom. The summed E-state index contributed by atoms with van der Waals surface area (Å²) >= 11 is 5.94. The normalized spacial score (nSPS) is 12.1. The second-order valence-corrected chi connectivity index (χ2v) is 4.95. The van der Waals surface area contributed by atoms with Crippen molar-refractivity contribution in [3.8, 4) is 0 Å². The fourth-order valence-corrected chi connectivity index (χ4v) is 2.04. The monoisotopic (exact) mass is 343 g/mol. The Morgan fingerprint density at radius 2 is 1.74 bits per heavy atom. The van der Waals surface area contributed by atoms with Crippen LogP contribution in [0.2, 0.25) is 5.02 Å². The smallest absolute Gasteiger partial charge is 0.382 e. The van der Waals surface area contributed by atoms with E-state index in [2.05, 4.69) is 16.0 Å². The predicted molar refractivity (Wildman–Crippen MR) is 84.2 cm³/mol. The van der Waals surface area contributed by atoms with Crippen LogP contribution in [0.5, 0.6) is 0 Å². The molecule has 0 spiro atoms. The minimum atomic E-state index is -4.39. The summed E-state index contributed by atoms with van der Waals surface area (Å²) in [6, 6.07) is 9.37. The van der Waals surface area contributed by atoms with Crippen LogP contribution in [0.1, 0.15) is 11.1 Å². The SMILES string of the molecule is NN/N=C(\N)c1ccc(Cl)cc1Nc1ccc(C(F)(F)F)cc1. The molecule has 5 nitrogen and oxygen atoms in total. The molecule has 6 N–H and O–H groups in total. The molecule has 0 bridgehead atoms. The number of nitrogens with one attached hydrogen (secondary N) is 2. The van der Waals surface area contributed by atoms with E-state index in [-0.39, 0.29) is 5.84 Å². The second-order valence-electron chi connectivity index (χ2n) is 4.52. The van der Waals surface area contributed by atoms with Gasteiger partial charge in [0.05, 0.1) is 11.3 Å². The summed E-state index contributed by atoms with van der Waals surface area (Å²) in [6.07, 6.45) is -4.39. The quantitative estimate of drug-likeness (QED) is 0.297. The Balaban J connectivity index is 2.32. The van der Waals surface area contributed by atoms with Gasteiger partial charge in [-0.25, -0.2) is 11.4 Å². The average Bonchev–Trinajstić information content (AvgIpc) is 2.47. The van der Waals surface area contributed by atoms with E-state index in [1.54, 1.807) is 18.2 Å². The molecule has 0 saturated heterocycles. The molecule has 0 radical (unpaired) electrons. The summed E-state index contributed by atoms with van der Waals surface area (Å²) in [6.45, 7) is 0. The minimum absolute atomic E-state index is 0.0959. The molecule has 23 heavy (non-hydrogen) atoms. The van der Waals surface area contributed by atoms with Crippen LogP contribution in [0.4, 0.5) is 24.5 Å². The molecule has 0 atom stereocenters. The van der Waals surface area contributed by atoms with Crippen LogP contribution < -0.4 is 22.4 Å². The summed E-state index contributed by atoms with van der Waals surface area (Å²) in [4.78, 5) is 0. The third-order valence-electron chi connectivity index (χ3n) is 2.93. The molecule has 9 heteroatoms. The molecule has 0 aliphatic rings. The van der Waals surface area contributed by atoms with Gasteiger partial charge in [0.15, 0.2) is 5.84 Å². The topological polar surface area (TPSA) is 88.5 Å². The van der Waals surface area contributed by atoms with Crippen LogP contribution in [0.15, 0.2) is 47.6 Å². The number of alkyl halides is 3.